The number of benzene rings is 1. The molecule has 5 atom stereocenters. The Balaban J connectivity index is 1.80. The Morgan fingerprint density at radius 3 is 2.89 bits per heavy atom. The fraction of sp³-hybridized carbons (Fsp3) is 0.450. The molecule has 1 N–H and O–H groups in total. The van der Waals surface area contributed by atoms with Crippen molar-refractivity contribution in [3.05, 3.63) is 48.7 Å². The van der Waals surface area contributed by atoms with Crippen LogP contribution in [-0.4, -0.2) is 51.7 Å². The SMILES string of the molecule is BS(=O)(=O)N[C@@H](c1ccnc2ccc(OC)cc12)C1CC2CCN1CC2C=C. The van der Waals surface area contributed by atoms with Crippen LogP contribution in [0.3, 0.4) is 0 Å². The number of pyridine rings is 1. The molecule has 3 aliphatic heterocycles. The Bertz CT molecular complexity index is 997. The van der Waals surface area contributed by atoms with Crippen molar-refractivity contribution in [3.8, 4) is 5.75 Å². The fourth-order valence-corrected chi connectivity index (χ4v) is 5.59. The Morgan fingerprint density at radius 2 is 2.25 bits per heavy atom. The first-order valence-corrected chi connectivity index (χ1v) is 11.6. The molecule has 4 heterocycles. The van der Waals surface area contributed by atoms with E-state index in [0.717, 1.165) is 48.1 Å². The maximum Gasteiger partial charge on any atom is 0.275 e. The summed E-state index contributed by atoms with van der Waals surface area (Å²) in [6.45, 7) is 5.92. The van der Waals surface area contributed by atoms with E-state index >= 15 is 0 Å². The average molecular weight is 399 g/mol. The minimum Gasteiger partial charge on any atom is -0.497 e. The standard InChI is InChI=1S/C20H26BN3O3S/c1-3-13-12-24-9-7-14(13)10-19(24)20(23-28(21,25)26)16-6-8-22-18-5-4-15(27-2)11-17(16)18/h3-6,8,11,13-14,19-20,23H,1,7,9-10,12,21H2,2H3/t13?,14?,19?,20-/m0/s1. The number of hydrogen-bond donors (Lipinski definition) is 1. The number of piperidine rings is 3. The molecule has 2 bridgehead atoms. The maximum atomic E-state index is 12.3. The summed E-state index contributed by atoms with van der Waals surface area (Å²) >= 11 is 0. The van der Waals surface area contributed by atoms with Gasteiger partial charge in [-0.05, 0) is 61.1 Å². The topological polar surface area (TPSA) is 71.5 Å². The van der Waals surface area contributed by atoms with Crippen LogP contribution in [-0.2, 0) is 9.87 Å². The largest absolute Gasteiger partial charge is 0.497 e. The van der Waals surface area contributed by atoms with Gasteiger partial charge in [0.05, 0.1) is 18.7 Å². The minimum atomic E-state index is -3.39. The Kier molecular flexibility index (Phi) is 5.20. The van der Waals surface area contributed by atoms with Crippen molar-refractivity contribution >= 4 is 27.9 Å². The summed E-state index contributed by atoms with van der Waals surface area (Å²) in [5, 5.41) is 0.922. The van der Waals surface area contributed by atoms with Gasteiger partial charge in [0.25, 0.3) is 7.12 Å². The molecule has 1 aromatic carbocycles. The van der Waals surface area contributed by atoms with Gasteiger partial charge in [-0.15, -0.1) is 6.58 Å². The minimum absolute atomic E-state index is 0.112. The van der Waals surface area contributed by atoms with Crippen LogP contribution in [0.1, 0.15) is 24.4 Å². The number of fused-ring (bicyclic) bond motifs is 4. The van der Waals surface area contributed by atoms with Crippen LogP contribution in [0.2, 0.25) is 0 Å². The van der Waals surface area contributed by atoms with Crippen molar-refractivity contribution in [3.63, 3.8) is 0 Å². The van der Waals surface area contributed by atoms with E-state index in [9.17, 15) is 8.42 Å². The Labute approximate surface area is 167 Å². The summed E-state index contributed by atoms with van der Waals surface area (Å²) in [6, 6.07) is 7.44. The monoisotopic (exact) mass is 399 g/mol. The highest BCUT2D eigenvalue weighted by molar-refractivity contribution is 8.10. The fourth-order valence-electron chi connectivity index (χ4n) is 4.85. The number of rotatable bonds is 6. The predicted octanol–water partition coefficient (Wildman–Crippen LogP) is 1.65. The quantitative estimate of drug-likeness (QED) is 0.591. The second-order valence-corrected chi connectivity index (χ2v) is 9.68. The van der Waals surface area contributed by atoms with Gasteiger partial charge in [0.15, 0.2) is 9.87 Å². The van der Waals surface area contributed by atoms with Crippen LogP contribution in [0.4, 0.5) is 0 Å². The highest BCUT2D eigenvalue weighted by Gasteiger charge is 2.43. The summed E-state index contributed by atoms with van der Waals surface area (Å²) in [4.78, 5) is 6.87. The normalized spacial score (nSPS) is 28.2. The lowest BCUT2D eigenvalue weighted by molar-refractivity contribution is 0.00499. The molecule has 2 aromatic rings. The van der Waals surface area contributed by atoms with Gasteiger partial charge in [-0.2, -0.15) is 0 Å². The lowest BCUT2D eigenvalue weighted by atomic mass is 9.73. The van der Waals surface area contributed by atoms with E-state index in [4.69, 9.17) is 4.74 Å². The molecule has 0 radical (unpaired) electrons. The molecule has 0 spiro atoms. The highest BCUT2D eigenvalue weighted by atomic mass is 32.2. The number of nitrogens with zero attached hydrogens (tertiary/aromatic N) is 2. The molecule has 0 aliphatic carbocycles. The van der Waals surface area contributed by atoms with Crippen LogP contribution in [0.15, 0.2) is 43.1 Å². The van der Waals surface area contributed by atoms with Crippen molar-refractivity contribution < 1.29 is 13.2 Å². The summed E-state index contributed by atoms with van der Waals surface area (Å²) in [6.07, 6.45) is 5.91. The molecule has 1 aromatic heterocycles. The van der Waals surface area contributed by atoms with Crippen LogP contribution < -0.4 is 9.46 Å². The van der Waals surface area contributed by atoms with Gasteiger partial charge in [0.1, 0.15) is 5.75 Å². The van der Waals surface area contributed by atoms with Gasteiger partial charge in [-0.1, -0.05) is 6.08 Å². The number of nitrogens with one attached hydrogen (secondary N) is 1. The first kappa shape index (κ1) is 19.4. The Hall–Kier alpha value is -1.90. The molecule has 8 heteroatoms. The van der Waals surface area contributed by atoms with Crippen molar-refractivity contribution in [2.24, 2.45) is 11.8 Å². The predicted molar refractivity (Wildman–Crippen MR) is 113 cm³/mol. The molecule has 6 nitrogen and oxygen atoms in total. The second-order valence-electron chi connectivity index (χ2n) is 7.90. The number of hydrogen-bond acceptors (Lipinski definition) is 5. The lowest BCUT2D eigenvalue weighted by Crippen LogP contribution is -2.57. The molecule has 0 saturated carbocycles. The summed E-state index contributed by atoms with van der Waals surface area (Å²) < 4.78 is 32.8. The van der Waals surface area contributed by atoms with Crippen LogP contribution in [0, 0.1) is 11.8 Å². The van der Waals surface area contributed by atoms with E-state index in [2.05, 4.69) is 27.3 Å². The molecule has 0 amide bonds. The third kappa shape index (κ3) is 3.68. The zero-order valence-electron chi connectivity index (χ0n) is 16.3. The van der Waals surface area contributed by atoms with E-state index in [-0.39, 0.29) is 12.1 Å². The first-order chi connectivity index (χ1) is 13.4. The van der Waals surface area contributed by atoms with Gasteiger partial charge in [0, 0.05) is 24.2 Å². The van der Waals surface area contributed by atoms with Gasteiger partial charge in [0.2, 0.25) is 0 Å². The van der Waals surface area contributed by atoms with Crippen molar-refractivity contribution in [1.29, 1.82) is 0 Å². The van der Waals surface area contributed by atoms with E-state index in [1.54, 1.807) is 13.3 Å². The van der Waals surface area contributed by atoms with E-state index < -0.39 is 9.87 Å². The number of aromatic nitrogens is 1. The van der Waals surface area contributed by atoms with Crippen LogP contribution in [0.5, 0.6) is 5.75 Å². The van der Waals surface area contributed by atoms with Crippen molar-refractivity contribution in [2.45, 2.75) is 24.9 Å². The molecule has 3 aliphatic rings. The van der Waals surface area contributed by atoms with Crippen LogP contribution >= 0.6 is 0 Å². The van der Waals surface area contributed by atoms with E-state index in [1.807, 2.05) is 24.3 Å². The smallest absolute Gasteiger partial charge is 0.275 e. The van der Waals surface area contributed by atoms with Gasteiger partial charge < -0.3 is 4.74 Å². The second kappa shape index (κ2) is 7.50. The third-order valence-corrected chi connectivity index (χ3v) is 6.88. The first-order valence-electron chi connectivity index (χ1n) is 9.66. The molecule has 28 heavy (non-hydrogen) atoms. The van der Waals surface area contributed by atoms with Gasteiger partial charge in [-0.25, -0.2) is 13.1 Å². The summed E-state index contributed by atoms with van der Waals surface area (Å²) in [7, 11) is -0.531. The molecule has 5 rings (SSSR count). The summed E-state index contributed by atoms with van der Waals surface area (Å²) in [5.41, 5.74) is 1.78. The molecule has 4 unspecified atom stereocenters. The molecular formula is C20H26BN3O3S. The van der Waals surface area contributed by atoms with E-state index in [0.29, 0.717) is 11.8 Å². The van der Waals surface area contributed by atoms with Crippen LogP contribution in [0.25, 0.3) is 10.9 Å². The van der Waals surface area contributed by atoms with Crippen molar-refractivity contribution in [2.75, 3.05) is 20.2 Å². The van der Waals surface area contributed by atoms with Crippen molar-refractivity contribution in [1.82, 2.24) is 14.6 Å². The molecular weight excluding hydrogens is 373 g/mol. The highest BCUT2D eigenvalue weighted by Crippen LogP contribution is 2.42. The molecule has 148 valence electrons. The zero-order chi connectivity index (χ0) is 19.9. The number of ether oxygens (including phenoxy) is 1. The third-order valence-electron chi connectivity index (χ3n) is 6.20. The average Bonchev–Trinajstić information content (AvgIpc) is 2.70. The maximum absolute atomic E-state index is 12.3. The van der Waals surface area contributed by atoms with E-state index in [1.165, 1.54) is 7.12 Å². The molecule has 3 fully saturated rings. The zero-order valence-corrected chi connectivity index (χ0v) is 17.2. The Morgan fingerprint density at radius 1 is 1.43 bits per heavy atom. The van der Waals surface area contributed by atoms with Gasteiger partial charge in [-0.3, -0.25) is 9.88 Å². The number of methoxy groups -OCH3 is 1. The molecule has 3 saturated heterocycles. The van der Waals surface area contributed by atoms with Gasteiger partial charge >= 0.3 is 0 Å². The lowest BCUT2D eigenvalue weighted by Gasteiger charge is -2.51. The summed E-state index contributed by atoms with van der Waals surface area (Å²) in [5.74, 6) is 1.77.